The molecule has 0 bridgehead atoms. The van der Waals surface area contributed by atoms with E-state index in [9.17, 15) is 14.0 Å². The SMILES string of the molecule is CCCCC(C(=O)OCCC)[C@H](CC(=O)c1ccc(F)cc1)c1ccc(Cl)cc1. The molecule has 0 aliphatic carbocycles. The molecule has 0 amide bonds. The van der Waals surface area contributed by atoms with E-state index in [1.165, 1.54) is 24.3 Å². The van der Waals surface area contributed by atoms with E-state index in [1.54, 1.807) is 12.1 Å². The number of carbonyl (C=O) groups is 2. The summed E-state index contributed by atoms with van der Waals surface area (Å²) in [6.45, 7) is 4.37. The van der Waals surface area contributed by atoms with Crippen molar-refractivity contribution in [3.05, 3.63) is 70.5 Å². The van der Waals surface area contributed by atoms with Gasteiger partial charge >= 0.3 is 5.97 Å². The monoisotopic (exact) mass is 418 g/mol. The second-order valence-electron chi connectivity index (χ2n) is 7.21. The lowest BCUT2D eigenvalue weighted by molar-refractivity contribution is -0.149. The third kappa shape index (κ3) is 6.97. The van der Waals surface area contributed by atoms with Crippen LogP contribution in [0.4, 0.5) is 4.39 Å². The quantitative estimate of drug-likeness (QED) is 0.305. The van der Waals surface area contributed by atoms with E-state index in [0.29, 0.717) is 23.6 Å². The lowest BCUT2D eigenvalue weighted by Gasteiger charge is -2.26. The first-order chi connectivity index (χ1) is 14.0. The highest BCUT2D eigenvalue weighted by Gasteiger charge is 2.32. The number of esters is 1. The maximum absolute atomic E-state index is 13.2. The number of benzene rings is 2. The number of unbranched alkanes of at least 4 members (excludes halogenated alkanes) is 1. The Morgan fingerprint density at radius 2 is 1.66 bits per heavy atom. The summed E-state index contributed by atoms with van der Waals surface area (Å²) in [6.07, 6.45) is 3.33. The van der Waals surface area contributed by atoms with Crippen molar-refractivity contribution in [2.75, 3.05) is 6.61 Å². The van der Waals surface area contributed by atoms with Crippen molar-refractivity contribution in [3.8, 4) is 0 Å². The number of Topliss-reactive ketones (excluding diaryl/α,β-unsaturated/α-hetero) is 1. The van der Waals surface area contributed by atoms with Crippen LogP contribution in [0.25, 0.3) is 0 Å². The van der Waals surface area contributed by atoms with Crippen LogP contribution < -0.4 is 0 Å². The maximum atomic E-state index is 13.2. The molecule has 3 nitrogen and oxygen atoms in total. The van der Waals surface area contributed by atoms with E-state index >= 15 is 0 Å². The van der Waals surface area contributed by atoms with E-state index in [4.69, 9.17) is 16.3 Å². The first-order valence-electron chi connectivity index (χ1n) is 10.2. The molecule has 2 aromatic carbocycles. The molecule has 2 atom stereocenters. The molecule has 0 N–H and O–H groups in total. The van der Waals surface area contributed by atoms with Crippen molar-refractivity contribution in [1.82, 2.24) is 0 Å². The van der Waals surface area contributed by atoms with E-state index in [-0.39, 0.29) is 29.9 Å². The van der Waals surface area contributed by atoms with Crippen molar-refractivity contribution in [2.45, 2.75) is 51.9 Å². The van der Waals surface area contributed by atoms with Gasteiger partial charge in [-0.25, -0.2) is 4.39 Å². The van der Waals surface area contributed by atoms with Gasteiger partial charge in [0.15, 0.2) is 5.78 Å². The topological polar surface area (TPSA) is 43.4 Å². The Hall–Kier alpha value is -2.20. The Morgan fingerprint density at radius 3 is 2.24 bits per heavy atom. The smallest absolute Gasteiger partial charge is 0.309 e. The molecule has 0 spiro atoms. The molecule has 0 saturated carbocycles. The van der Waals surface area contributed by atoms with Gasteiger partial charge in [-0.3, -0.25) is 9.59 Å². The number of halogens is 2. The molecule has 0 aliphatic rings. The largest absolute Gasteiger partial charge is 0.465 e. The number of ether oxygens (including phenoxy) is 1. The Labute approximate surface area is 177 Å². The Balaban J connectivity index is 2.34. The summed E-state index contributed by atoms with van der Waals surface area (Å²) in [5.74, 6) is -1.55. The molecule has 0 fully saturated rings. The predicted molar refractivity (Wildman–Crippen MR) is 114 cm³/mol. The summed E-state index contributed by atoms with van der Waals surface area (Å²) >= 11 is 6.03. The zero-order valence-electron chi connectivity index (χ0n) is 17.0. The molecule has 5 heteroatoms. The average molecular weight is 419 g/mol. The molecule has 1 unspecified atom stereocenters. The third-order valence-corrected chi connectivity index (χ3v) is 5.23. The van der Waals surface area contributed by atoms with Crippen LogP contribution in [0.15, 0.2) is 48.5 Å². The number of hydrogen-bond acceptors (Lipinski definition) is 3. The fourth-order valence-electron chi connectivity index (χ4n) is 3.37. The minimum atomic E-state index is -0.424. The molecule has 0 aliphatic heterocycles. The number of hydrogen-bond donors (Lipinski definition) is 0. The standard InChI is InChI=1S/C24H28ClFO3/c1-3-5-6-21(24(28)29-15-4-2)22(17-7-11-19(25)12-8-17)16-23(27)18-9-13-20(26)14-10-18/h7-14,21-22H,3-6,15-16H2,1-2H3/t21?,22-/m1/s1. The lowest BCUT2D eigenvalue weighted by Crippen LogP contribution is -2.27. The zero-order chi connectivity index (χ0) is 21.2. The fraction of sp³-hybridized carbons (Fsp3) is 0.417. The number of ketones is 1. The van der Waals surface area contributed by atoms with Crippen LogP contribution in [0.3, 0.4) is 0 Å². The molecular formula is C24H28ClFO3. The molecule has 0 saturated heterocycles. The second-order valence-corrected chi connectivity index (χ2v) is 7.64. The number of carbonyl (C=O) groups excluding carboxylic acids is 2. The van der Waals surface area contributed by atoms with Crippen molar-refractivity contribution in [3.63, 3.8) is 0 Å². The molecule has 156 valence electrons. The van der Waals surface area contributed by atoms with Gasteiger partial charge in [0, 0.05) is 22.9 Å². The van der Waals surface area contributed by atoms with Gasteiger partial charge < -0.3 is 4.74 Å². The van der Waals surface area contributed by atoms with E-state index in [0.717, 1.165) is 24.8 Å². The van der Waals surface area contributed by atoms with Crippen LogP contribution in [-0.2, 0) is 9.53 Å². The first-order valence-corrected chi connectivity index (χ1v) is 10.5. The highest BCUT2D eigenvalue weighted by Crippen LogP contribution is 2.34. The van der Waals surface area contributed by atoms with E-state index in [1.807, 2.05) is 19.1 Å². The summed E-state index contributed by atoms with van der Waals surface area (Å²) in [4.78, 5) is 25.8. The summed E-state index contributed by atoms with van der Waals surface area (Å²) in [5, 5.41) is 0.594. The Morgan fingerprint density at radius 1 is 1.00 bits per heavy atom. The zero-order valence-corrected chi connectivity index (χ0v) is 17.8. The molecule has 0 radical (unpaired) electrons. The fourth-order valence-corrected chi connectivity index (χ4v) is 3.50. The van der Waals surface area contributed by atoms with Gasteiger partial charge in [0.2, 0.25) is 0 Å². The first kappa shape index (κ1) is 23.1. The normalized spacial score (nSPS) is 13.0. The summed E-state index contributed by atoms with van der Waals surface area (Å²) in [7, 11) is 0. The van der Waals surface area contributed by atoms with Gasteiger partial charge in [-0.2, -0.15) is 0 Å². The average Bonchev–Trinajstić information content (AvgIpc) is 2.72. The highest BCUT2D eigenvalue weighted by molar-refractivity contribution is 6.30. The Kier molecular flexibility index (Phi) is 9.33. The van der Waals surface area contributed by atoms with Crippen molar-refractivity contribution in [2.24, 2.45) is 5.92 Å². The van der Waals surface area contributed by atoms with Crippen molar-refractivity contribution in [1.29, 1.82) is 0 Å². The van der Waals surface area contributed by atoms with Crippen LogP contribution in [0.5, 0.6) is 0 Å². The maximum Gasteiger partial charge on any atom is 0.309 e. The van der Waals surface area contributed by atoms with Gasteiger partial charge in [-0.05, 0) is 54.8 Å². The summed E-state index contributed by atoms with van der Waals surface area (Å²) in [5.41, 5.74) is 1.31. The van der Waals surface area contributed by atoms with Crippen LogP contribution in [-0.4, -0.2) is 18.4 Å². The van der Waals surface area contributed by atoms with Gasteiger partial charge in [0.25, 0.3) is 0 Å². The minimum Gasteiger partial charge on any atom is -0.465 e. The molecule has 2 aromatic rings. The third-order valence-electron chi connectivity index (χ3n) is 4.98. The summed E-state index contributed by atoms with van der Waals surface area (Å²) in [6, 6.07) is 12.7. The van der Waals surface area contributed by atoms with Crippen LogP contribution in [0.1, 0.15) is 67.8 Å². The minimum absolute atomic E-state index is 0.130. The van der Waals surface area contributed by atoms with Gasteiger partial charge in [-0.1, -0.05) is 50.4 Å². The molecule has 0 aromatic heterocycles. The molecular weight excluding hydrogens is 391 g/mol. The summed E-state index contributed by atoms with van der Waals surface area (Å²) < 4.78 is 18.7. The van der Waals surface area contributed by atoms with Gasteiger partial charge in [0.05, 0.1) is 12.5 Å². The van der Waals surface area contributed by atoms with Crippen LogP contribution in [0.2, 0.25) is 5.02 Å². The number of rotatable bonds is 11. The Bertz CT molecular complexity index is 787. The van der Waals surface area contributed by atoms with Crippen LogP contribution >= 0.6 is 11.6 Å². The predicted octanol–water partition coefficient (Wildman–Crippen LogP) is 6.60. The van der Waals surface area contributed by atoms with E-state index < -0.39 is 5.92 Å². The van der Waals surface area contributed by atoms with Gasteiger partial charge in [-0.15, -0.1) is 0 Å². The van der Waals surface area contributed by atoms with Gasteiger partial charge in [0.1, 0.15) is 5.82 Å². The molecule has 29 heavy (non-hydrogen) atoms. The van der Waals surface area contributed by atoms with Crippen molar-refractivity contribution >= 4 is 23.4 Å². The molecule has 0 heterocycles. The lowest BCUT2D eigenvalue weighted by atomic mass is 9.79. The van der Waals surface area contributed by atoms with Crippen LogP contribution in [0, 0.1) is 11.7 Å². The second kappa shape index (κ2) is 11.7. The van der Waals surface area contributed by atoms with Crippen molar-refractivity contribution < 1.29 is 18.7 Å². The highest BCUT2D eigenvalue weighted by atomic mass is 35.5. The van der Waals surface area contributed by atoms with E-state index in [2.05, 4.69) is 6.92 Å². The molecule has 2 rings (SSSR count).